The Morgan fingerprint density at radius 2 is 1.79 bits per heavy atom. The van der Waals surface area contributed by atoms with Crippen LogP contribution in [-0.4, -0.2) is 17.1 Å². The van der Waals surface area contributed by atoms with E-state index in [2.05, 4.69) is 11.9 Å². The number of rotatable bonds is 4. The number of ketones is 1. The normalized spacial score (nSPS) is 18.4. The molecule has 3 heteroatoms. The van der Waals surface area contributed by atoms with Gasteiger partial charge in [-0.15, -0.1) is 0 Å². The molecule has 3 nitrogen and oxygen atoms in total. The molecule has 0 aromatic heterocycles. The minimum Gasteiger partial charge on any atom is -0.511 e. The number of aliphatic imine (C=N–C) groups is 1. The largest absolute Gasteiger partial charge is 0.511 e. The van der Waals surface area contributed by atoms with E-state index in [0.29, 0.717) is 18.4 Å². The van der Waals surface area contributed by atoms with Crippen LogP contribution >= 0.6 is 0 Å². The Bertz CT molecular complexity index is 790. The first kappa shape index (κ1) is 16.2. The number of aliphatic hydroxyl groups is 1. The van der Waals surface area contributed by atoms with Gasteiger partial charge in [0.25, 0.3) is 0 Å². The minimum absolute atomic E-state index is 0.0405. The molecule has 1 aliphatic carbocycles. The monoisotopic (exact) mass is 319 g/mol. The summed E-state index contributed by atoms with van der Waals surface area (Å²) in [5.74, 6) is 0.127. The molecule has 0 fully saturated rings. The lowest BCUT2D eigenvalue weighted by Gasteiger charge is -2.22. The molecule has 122 valence electrons. The maximum Gasteiger partial charge on any atom is 0.168 e. The van der Waals surface area contributed by atoms with Gasteiger partial charge in [-0.05, 0) is 29.5 Å². The molecule has 0 spiro atoms. The Hall–Kier alpha value is -2.68. The first-order chi connectivity index (χ1) is 11.7. The number of allylic oxidation sites excluding steroid dienone is 2. The highest BCUT2D eigenvalue weighted by Gasteiger charge is 2.27. The Balaban J connectivity index is 1.83. The predicted octanol–water partition coefficient (Wildman–Crippen LogP) is 4.91. The van der Waals surface area contributed by atoms with Crippen molar-refractivity contribution in [2.24, 2.45) is 4.99 Å². The molecule has 0 amide bonds. The van der Waals surface area contributed by atoms with Crippen molar-refractivity contribution in [2.45, 2.75) is 32.1 Å². The quantitative estimate of drug-likeness (QED) is 0.814. The number of Topliss-reactive ketones (excluding diaryl/α,β-unsaturated/α-hetero) is 1. The zero-order valence-corrected chi connectivity index (χ0v) is 13.8. The van der Waals surface area contributed by atoms with Gasteiger partial charge in [0.05, 0.1) is 11.3 Å². The van der Waals surface area contributed by atoms with Crippen molar-refractivity contribution in [3.63, 3.8) is 0 Å². The highest BCUT2D eigenvalue weighted by molar-refractivity contribution is 6.15. The number of hydrogen-bond acceptors (Lipinski definition) is 3. The molecule has 1 N–H and O–H groups in total. The number of nitrogens with zero attached hydrogens (tertiary/aromatic N) is 1. The van der Waals surface area contributed by atoms with Gasteiger partial charge < -0.3 is 5.11 Å². The number of hydrogen-bond donors (Lipinski definition) is 1. The number of carbonyl (C=O) groups is 1. The van der Waals surface area contributed by atoms with Gasteiger partial charge >= 0.3 is 0 Å². The second kappa shape index (κ2) is 7.26. The van der Waals surface area contributed by atoms with Gasteiger partial charge in [-0.1, -0.05) is 55.5 Å². The maximum absolute atomic E-state index is 12.5. The summed E-state index contributed by atoms with van der Waals surface area (Å²) in [5.41, 5.74) is 3.40. The molecule has 0 heterocycles. The van der Waals surface area contributed by atoms with Crippen LogP contribution in [0.1, 0.15) is 36.8 Å². The van der Waals surface area contributed by atoms with E-state index >= 15 is 0 Å². The van der Waals surface area contributed by atoms with Crippen LogP contribution < -0.4 is 0 Å². The van der Waals surface area contributed by atoms with Gasteiger partial charge in [0.15, 0.2) is 5.78 Å². The number of carbonyl (C=O) groups excluding carboxylic acids is 1. The number of aryl methyl sites for hydroxylation is 1. The van der Waals surface area contributed by atoms with Crippen LogP contribution in [0.25, 0.3) is 0 Å². The third-order valence-electron chi connectivity index (χ3n) is 4.46. The van der Waals surface area contributed by atoms with Crippen molar-refractivity contribution >= 4 is 17.7 Å². The van der Waals surface area contributed by atoms with Gasteiger partial charge in [0.1, 0.15) is 5.76 Å². The average Bonchev–Trinajstić information content (AvgIpc) is 2.62. The lowest BCUT2D eigenvalue weighted by Crippen LogP contribution is -2.19. The van der Waals surface area contributed by atoms with Crippen LogP contribution in [0.2, 0.25) is 0 Å². The lowest BCUT2D eigenvalue weighted by atomic mass is 9.83. The van der Waals surface area contributed by atoms with Crippen molar-refractivity contribution in [2.75, 3.05) is 0 Å². The Morgan fingerprint density at radius 3 is 2.50 bits per heavy atom. The molecule has 1 atom stereocenters. The summed E-state index contributed by atoms with van der Waals surface area (Å²) in [7, 11) is 0. The number of para-hydroxylation sites is 1. The fraction of sp³-hybridized carbons (Fsp3) is 0.238. The van der Waals surface area contributed by atoms with Crippen LogP contribution in [0.15, 0.2) is 70.9 Å². The van der Waals surface area contributed by atoms with E-state index < -0.39 is 0 Å². The minimum atomic E-state index is -0.0506. The van der Waals surface area contributed by atoms with E-state index in [-0.39, 0.29) is 17.5 Å². The summed E-state index contributed by atoms with van der Waals surface area (Å²) in [6.07, 6.45) is 3.29. The second-order valence-electron chi connectivity index (χ2n) is 6.04. The summed E-state index contributed by atoms with van der Waals surface area (Å²) < 4.78 is 0. The number of aliphatic hydroxyl groups excluding tert-OH is 1. The standard InChI is InChI=1S/C21H21NO2/c1-2-15-8-6-7-11-19(15)22-14-18-20(23)12-17(13-21(18)24)16-9-4-3-5-10-16/h3-11,14,17,23H,2,12-13H2,1H3. The van der Waals surface area contributed by atoms with Gasteiger partial charge in [0, 0.05) is 19.1 Å². The Kier molecular flexibility index (Phi) is 4.90. The third kappa shape index (κ3) is 3.46. The molecule has 0 aliphatic heterocycles. The predicted molar refractivity (Wildman–Crippen MR) is 97.1 cm³/mol. The van der Waals surface area contributed by atoms with E-state index in [1.54, 1.807) is 0 Å². The Morgan fingerprint density at radius 1 is 1.08 bits per heavy atom. The number of benzene rings is 2. The van der Waals surface area contributed by atoms with Crippen LogP contribution in [-0.2, 0) is 11.2 Å². The fourth-order valence-electron chi connectivity index (χ4n) is 3.09. The first-order valence-corrected chi connectivity index (χ1v) is 8.31. The average molecular weight is 319 g/mol. The molecule has 2 aromatic carbocycles. The van der Waals surface area contributed by atoms with Crippen molar-refractivity contribution in [1.82, 2.24) is 0 Å². The van der Waals surface area contributed by atoms with Crippen molar-refractivity contribution < 1.29 is 9.90 Å². The van der Waals surface area contributed by atoms with Gasteiger partial charge in [-0.3, -0.25) is 9.79 Å². The molecule has 0 saturated heterocycles. The second-order valence-corrected chi connectivity index (χ2v) is 6.04. The topological polar surface area (TPSA) is 49.7 Å². The SMILES string of the molecule is CCc1ccccc1N=CC1=C(O)CC(c2ccccc2)CC1=O. The van der Waals surface area contributed by atoms with Crippen LogP contribution in [0.3, 0.4) is 0 Å². The van der Waals surface area contributed by atoms with Gasteiger partial charge in [-0.25, -0.2) is 0 Å². The molecule has 0 radical (unpaired) electrons. The molecule has 3 rings (SSSR count). The van der Waals surface area contributed by atoms with E-state index in [0.717, 1.165) is 23.2 Å². The van der Waals surface area contributed by atoms with Crippen LogP contribution in [0, 0.1) is 0 Å². The maximum atomic E-state index is 12.5. The fourth-order valence-corrected chi connectivity index (χ4v) is 3.09. The Labute approximate surface area is 142 Å². The summed E-state index contributed by atoms with van der Waals surface area (Å²) in [4.78, 5) is 16.9. The third-order valence-corrected chi connectivity index (χ3v) is 4.46. The van der Waals surface area contributed by atoms with E-state index in [1.807, 2.05) is 54.6 Å². The molecule has 0 saturated carbocycles. The highest BCUT2D eigenvalue weighted by atomic mass is 16.3. The van der Waals surface area contributed by atoms with Crippen molar-refractivity contribution in [1.29, 1.82) is 0 Å². The zero-order chi connectivity index (χ0) is 16.9. The first-order valence-electron chi connectivity index (χ1n) is 8.31. The van der Waals surface area contributed by atoms with E-state index in [1.165, 1.54) is 6.21 Å². The highest BCUT2D eigenvalue weighted by Crippen LogP contribution is 2.33. The summed E-state index contributed by atoms with van der Waals surface area (Å²) >= 11 is 0. The summed E-state index contributed by atoms with van der Waals surface area (Å²) in [6, 6.07) is 17.7. The molecule has 24 heavy (non-hydrogen) atoms. The van der Waals surface area contributed by atoms with E-state index in [9.17, 15) is 9.90 Å². The molecule has 1 unspecified atom stereocenters. The lowest BCUT2D eigenvalue weighted by molar-refractivity contribution is -0.116. The van der Waals surface area contributed by atoms with Crippen LogP contribution in [0.5, 0.6) is 0 Å². The molecular weight excluding hydrogens is 298 g/mol. The smallest absolute Gasteiger partial charge is 0.168 e. The van der Waals surface area contributed by atoms with Gasteiger partial charge in [0.2, 0.25) is 0 Å². The van der Waals surface area contributed by atoms with Crippen LogP contribution in [0.4, 0.5) is 5.69 Å². The molecule has 1 aliphatic rings. The zero-order valence-electron chi connectivity index (χ0n) is 13.8. The summed E-state index contributed by atoms with van der Waals surface area (Å²) in [6.45, 7) is 2.07. The molecular formula is C21H21NO2. The summed E-state index contributed by atoms with van der Waals surface area (Å²) in [5, 5.41) is 10.3. The molecule has 2 aromatic rings. The van der Waals surface area contributed by atoms with E-state index in [4.69, 9.17) is 0 Å². The molecule has 0 bridgehead atoms. The van der Waals surface area contributed by atoms with Crippen molar-refractivity contribution in [3.8, 4) is 0 Å². The van der Waals surface area contributed by atoms with Crippen molar-refractivity contribution in [3.05, 3.63) is 77.1 Å². The van der Waals surface area contributed by atoms with Gasteiger partial charge in [-0.2, -0.15) is 0 Å².